The number of barbiturate groups is 1. The van der Waals surface area contributed by atoms with Crippen LogP contribution in [-0.4, -0.2) is 27.7 Å². The molecule has 10 nitrogen and oxygen atoms in total. The molecule has 1 aliphatic rings. The summed E-state index contributed by atoms with van der Waals surface area (Å²) in [7, 11) is 0. The summed E-state index contributed by atoms with van der Waals surface area (Å²) < 4.78 is 10.9. The molecule has 31 heavy (non-hydrogen) atoms. The van der Waals surface area contributed by atoms with Gasteiger partial charge in [0.15, 0.2) is 0 Å². The van der Waals surface area contributed by atoms with Crippen molar-refractivity contribution in [2.45, 2.75) is 13.5 Å². The van der Waals surface area contributed by atoms with E-state index < -0.39 is 22.8 Å². The van der Waals surface area contributed by atoms with Crippen LogP contribution in [0.2, 0.25) is 0 Å². The van der Waals surface area contributed by atoms with Crippen LogP contribution in [0.25, 0.3) is 17.4 Å². The summed E-state index contributed by atoms with van der Waals surface area (Å²) in [6.07, 6.45) is 2.65. The van der Waals surface area contributed by atoms with Gasteiger partial charge < -0.3 is 8.83 Å². The summed E-state index contributed by atoms with van der Waals surface area (Å²) in [6, 6.07) is 9.90. The fraction of sp³-hybridized carbons (Fsp3) is 0.0952. The molecule has 0 saturated carbocycles. The average Bonchev–Trinajstić information content (AvgIpc) is 3.40. The van der Waals surface area contributed by atoms with Crippen LogP contribution in [0.1, 0.15) is 17.1 Å². The quantitative estimate of drug-likeness (QED) is 0.288. The van der Waals surface area contributed by atoms with Gasteiger partial charge in [-0.2, -0.15) is 0 Å². The number of nitrogens with zero attached hydrogens (tertiary/aromatic N) is 2. The molecule has 3 aromatic rings. The standard InChI is InChI=1S/C21H15N3O7/c1-12-9-13(24(28)29)4-6-16(12)18-7-5-14(31-18)10-17-19(25)22-21(27)23(20(17)26)11-15-3-2-8-30-15/h2-10H,11H2,1H3,(H,22,25,27)/b17-10+. The molecular weight excluding hydrogens is 406 g/mol. The topological polar surface area (TPSA) is 136 Å². The molecule has 0 spiro atoms. The highest BCUT2D eigenvalue weighted by Crippen LogP contribution is 2.29. The van der Waals surface area contributed by atoms with Crippen LogP contribution in [-0.2, 0) is 16.1 Å². The molecule has 1 fully saturated rings. The molecule has 10 heteroatoms. The summed E-state index contributed by atoms with van der Waals surface area (Å²) in [5.74, 6) is -0.624. The number of urea groups is 1. The molecule has 1 N–H and O–H groups in total. The van der Waals surface area contributed by atoms with E-state index >= 15 is 0 Å². The number of aryl methyl sites for hydroxylation is 1. The Hall–Kier alpha value is -4.47. The number of amides is 4. The van der Waals surface area contributed by atoms with Gasteiger partial charge in [-0.25, -0.2) is 4.79 Å². The fourth-order valence-corrected chi connectivity index (χ4v) is 3.15. The van der Waals surface area contributed by atoms with Crippen LogP contribution < -0.4 is 5.32 Å². The maximum atomic E-state index is 12.7. The SMILES string of the molecule is Cc1cc([N+](=O)[O-])ccc1-c1ccc(/C=C2\C(=O)NC(=O)N(Cc3ccco3)C2=O)o1. The Morgan fingerprint density at radius 3 is 2.65 bits per heavy atom. The number of furan rings is 2. The van der Waals surface area contributed by atoms with E-state index in [9.17, 15) is 24.5 Å². The number of non-ortho nitro benzene ring substituents is 1. The van der Waals surface area contributed by atoms with Crippen molar-refractivity contribution in [3.8, 4) is 11.3 Å². The number of carbonyl (C=O) groups is 3. The van der Waals surface area contributed by atoms with Crippen molar-refractivity contribution in [3.63, 3.8) is 0 Å². The zero-order chi connectivity index (χ0) is 22.1. The molecule has 1 saturated heterocycles. The van der Waals surface area contributed by atoms with Crippen LogP contribution in [0.15, 0.2) is 63.1 Å². The average molecular weight is 421 g/mol. The van der Waals surface area contributed by atoms with Crippen LogP contribution in [0.3, 0.4) is 0 Å². The van der Waals surface area contributed by atoms with Gasteiger partial charge in [0, 0.05) is 17.7 Å². The van der Waals surface area contributed by atoms with Crippen molar-refractivity contribution in [2.75, 3.05) is 0 Å². The molecule has 0 atom stereocenters. The van der Waals surface area contributed by atoms with E-state index in [1.165, 1.54) is 24.5 Å². The number of rotatable bonds is 5. The van der Waals surface area contributed by atoms with Crippen LogP contribution in [0.4, 0.5) is 10.5 Å². The third-order valence-electron chi connectivity index (χ3n) is 4.68. The number of hydrogen-bond donors (Lipinski definition) is 1. The summed E-state index contributed by atoms with van der Waals surface area (Å²) in [6.45, 7) is 1.58. The predicted octanol–water partition coefficient (Wildman–Crippen LogP) is 3.42. The maximum absolute atomic E-state index is 12.7. The number of nitrogens with one attached hydrogen (secondary N) is 1. The van der Waals surface area contributed by atoms with Gasteiger partial charge in [0.05, 0.1) is 17.7 Å². The second-order valence-corrected chi connectivity index (χ2v) is 6.75. The molecule has 0 bridgehead atoms. The highest BCUT2D eigenvalue weighted by Gasteiger charge is 2.36. The van der Waals surface area contributed by atoms with E-state index in [0.717, 1.165) is 4.90 Å². The lowest BCUT2D eigenvalue weighted by Crippen LogP contribution is -2.53. The number of nitro groups is 1. The van der Waals surface area contributed by atoms with E-state index in [1.54, 1.807) is 37.3 Å². The lowest BCUT2D eigenvalue weighted by atomic mass is 10.1. The van der Waals surface area contributed by atoms with Gasteiger partial charge in [-0.15, -0.1) is 0 Å². The zero-order valence-electron chi connectivity index (χ0n) is 16.2. The number of carbonyl (C=O) groups excluding carboxylic acids is 3. The van der Waals surface area contributed by atoms with Crippen molar-refractivity contribution in [1.29, 1.82) is 0 Å². The molecule has 0 unspecified atom stereocenters. The smallest absolute Gasteiger partial charge is 0.331 e. The first kappa shape index (κ1) is 19.8. The van der Waals surface area contributed by atoms with Crippen molar-refractivity contribution in [1.82, 2.24) is 10.2 Å². The first-order chi connectivity index (χ1) is 14.8. The van der Waals surface area contributed by atoms with Crippen molar-refractivity contribution < 1.29 is 28.1 Å². The van der Waals surface area contributed by atoms with Crippen LogP contribution in [0.5, 0.6) is 0 Å². The van der Waals surface area contributed by atoms with Crippen molar-refractivity contribution in [2.24, 2.45) is 0 Å². The van der Waals surface area contributed by atoms with Gasteiger partial charge in [0.25, 0.3) is 17.5 Å². The number of hydrogen-bond acceptors (Lipinski definition) is 7. The zero-order valence-corrected chi connectivity index (χ0v) is 16.2. The second-order valence-electron chi connectivity index (χ2n) is 6.75. The Kier molecular flexibility index (Phi) is 4.96. The van der Waals surface area contributed by atoms with Crippen molar-refractivity contribution >= 4 is 29.6 Å². The van der Waals surface area contributed by atoms with Gasteiger partial charge in [-0.05, 0) is 48.9 Å². The van der Waals surface area contributed by atoms with Crippen molar-refractivity contribution in [3.05, 3.63) is 81.5 Å². The molecule has 1 aliphatic heterocycles. The molecule has 3 heterocycles. The first-order valence-corrected chi connectivity index (χ1v) is 9.10. The van der Waals surface area contributed by atoms with E-state index in [0.29, 0.717) is 22.6 Å². The molecule has 4 amide bonds. The summed E-state index contributed by atoms with van der Waals surface area (Å²) in [5.41, 5.74) is 0.946. The predicted molar refractivity (Wildman–Crippen MR) is 106 cm³/mol. The Labute approximate surface area is 174 Å². The fourth-order valence-electron chi connectivity index (χ4n) is 3.15. The highest BCUT2D eigenvalue weighted by molar-refractivity contribution is 6.30. The van der Waals surface area contributed by atoms with Gasteiger partial charge in [-0.3, -0.25) is 29.9 Å². The summed E-state index contributed by atoms with van der Waals surface area (Å²) in [5, 5.41) is 13.0. The Balaban J connectivity index is 1.61. The van der Waals surface area contributed by atoms with Gasteiger partial charge >= 0.3 is 6.03 Å². The van der Waals surface area contributed by atoms with E-state index in [4.69, 9.17) is 8.83 Å². The first-order valence-electron chi connectivity index (χ1n) is 9.10. The number of benzene rings is 1. The lowest BCUT2D eigenvalue weighted by Gasteiger charge is -2.25. The second kappa shape index (κ2) is 7.75. The molecule has 0 aliphatic carbocycles. The van der Waals surface area contributed by atoms with Crippen LogP contribution >= 0.6 is 0 Å². The lowest BCUT2D eigenvalue weighted by molar-refractivity contribution is -0.384. The van der Waals surface area contributed by atoms with Gasteiger partial charge in [0.2, 0.25) is 0 Å². The number of nitro benzene ring substituents is 1. The molecule has 156 valence electrons. The molecule has 2 aromatic heterocycles. The van der Waals surface area contributed by atoms with Gasteiger partial charge in [0.1, 0.15) is 22.9 Å². The minimum atomic E-state index is -0.842. The molecule has 0 radical (unpaired) electrons. The normalized spacial score (nSPS) is 15.5. The summed E-state index contributed by atoms with van der Waals surface area (Å²) >= 11 is 0. The Morgan fingerprint density at radius 1 is 1.16 bits per heavy atom. The highest BCUT2D eigenvalue weighted by atomic mass is 16.6. The Morgan fingerprint density at radius 2 is 1.97 bits per heavy atom. The Bertz CT molecular complexity index is 1240. The third-order valence-corrected chi connectivity index (χ3v) is 4.68. The molecule has 1 aromatic carbocycles. The van der Waals surface area contributed by atoms with E-state index in [-0.39, 0.29) is 23.6 Å². The monoisotopic (exact) mass is 421 g/mol. The molecular formula is C21H15N3O7. The maximum Gasteiger partial charge on any atom is 0.331 e. The van der Waals surface area contributed by atoms with Crippen LogP contribution in [0, 0.1) is 17.0 Å². The van der Waals surface area contributed by atoms with E-state index in [2.05, 4.69) is 5.32 Å². The number of imide groups is 2. The van der Waals surface area contributed by atoms with Gasteiger partial charge in [-0.1, -0.05) is 0 Å². The van der Waals surface area contributed by atoms with E-state index in [1.807, 2.05) is 0 Å². The minimum Gasteiger partial charge on any atom is -0.467 e. The minimum absolute atomic E-state index is 0.0408. The molecule has 4 rings (SSSR count). The third kappa shape index (κ3) is 3.86. The summed E-state index contributed by atoms with van der Waals surface area (Å²) in [4.78, 5) is 48.3. The largest absolute Gasteiger partial charge is 0.467 e.